The Labute approximate surface area is 156 Å². The van der Waals surface area contributed by atoms with Crippen LogP contribution in [0.2, 0.25) is 10.0 Å². The standard InChI is InChI=1S/C14H12Cl2N4O4S/c1-2-24-12(21)5-10-7-25-14(18-10)19-17-6-8-3-9(15)4-11(16)13(8)20(22)23/h3-4,6-7H,2,5H2,1H3,(H,18,19). The molecule has 0 spiro atoms. The van der Waals surface area contributed by atoms with Gasteiger partial charge in [0.15, 0.2) is 0 Å². The molecule has 1 heterocycles. The largest absolute Gasteiger partial charge is 0.466 e. The number of hydrogen-bond acceptors (Lipinski definition) is 8. The summed E-state index contributed by atoms with van der Waals surface area (Å²) in [6.07, 6.45) is 1.29. The lowest BCUT2D eigenvalue weighted by molar-refractivity contribution is -0.384. The zero-order valence-electron chi connectivity index (χ0n) is 12.9. The van der Waals surface area contributed by atoms with Crippen molar-refractivity contribution < 1.29 is 14.5 Å². The number of hydrogen-bond donors (Lipinski definition) is 1. The average molecular weight is 403 g/mol. The fraction of sp³-hybridized carbons (Fsp3) is 0.214. The molecule has 2 rings (SSSR count). The SMILES string of the molecule is CCOC(=O)Cc1csc(NN=Cc2cc(Cl)cc(Cl)c2[N+](=O)[O-])n1. The minimum Gasteiger partial charge on any atom is -0.466 e. The number of aromatic nitrogens is 1. The maximum Gasteiger partial charge on any atom is 0.311 e. The van der Waals surface area contributed by atoms with E-state index in [0.717, 1.165) is 0 Å². The number of carbonyl (C=O) groups is 1. The van der Waals surface area contributed by atoms with Crippen LogP contribution in [0.3, 0.4) is 0 Å². The minimum atomic E-state index is -0.610. The van der Waals surface area contributed by atoms with Gasteiger partial charge in [0.1, 0.15) is 5.02 Å². The van der Waals surface area contributed by atoms with E-state index in [1.165, 1.54) is 29.7 Å². The van der Waals surface area contributed by atoms with Crippen molar-refractivity contribution in [2.75, 3.05) is 12.0 Å². The molecule has 8 nitrogen and oxygen atoms in total. The van der Waals surface area contributed by atoms with Crippen LogP contribution in [0.15, 0.2) is 22.6 Å². The fourth-order valence-corrected chi connectivity index (χ4v) is 3.07. The summed E-state index contributed by atoms with van der Waals surface area (Å²) in [6.45, 7) is 2.03. The van der Waals surface area contributed by atoms with Gasteiger partial charge in [0.25, 0.3) is 5.69 Å². The quantitative estimate of drug-likeness (QED) is 0.325. The van der Waals surface area contributed by atoms with E-state index in [1.807, 2.05) is 0 Å². The van der Waals surface area contributed by atoms with Crippen LogP contribution in [0.25, 0.3) is 0 Å². The van der Waals surface area contributed by atoms with Gasteiger partial charge in [-0.2, -0.15) is 5.10 Å². The molecule has 1 aromatic heterocycles. The fourth-order valence-electron chi connectivity index (χ4n) is 1.83. The third-order valence-corrected chi connectivity index (χ3v) is 4.09. The number of rotatable bonds is 7. The molecule has 0 bridgehead atoms. The van der Waals surface area contributed by atoms with E-state index in [2.05, 4.69) is 15.5 Å². The van der Waals surface area contributed by atoms with Crippen LogP contribution in [-0.2, 0) is 16.0 Å². The number of halogens is 2. The first-order chi connectivity index (χ1) is 11.9. The first kappa shape index (κ1) is 19.1. The van der Waals surface area contributed by atoms with E-state index in [9.17, 15) is 14.9 Å². The molecule has 1 N–H and O–H groups in total. The number of ether oxygens (including phenoxy) is 1. The molecular formula is C14H12Cl2N4O4S. The Morgan fingerprint density at radius 1 is 1.52 bits per heavy atom. The van der Waals surface area contributed by atoms with E-state index >= 15 is 0 Å². The second-order valence-corrected chi connectivity index (χ2v) is 6.28. The molecule has 0 aliphatic heterocycles. The summed E-state index contributed by atoms with van der Waals surface area (Å²) in [7, 11) is 0. The Hall–Kier alpha value is -2.23. The molecule has 2 aromatic rings. The molecule has 25 heavy (non-hydrogen) atoms. The van der Waals surface area contributed by atoms with Crippen molar-refractivity contribution in [2.45, 2.75) is 13.3 Å². The Kier molecular flexibility index (Phi) is 6.68. The summed E-state index contributed by atoms with van der Waals surface area (Å²) in [6, 6.07) is 2.67. The van der Waals surface area contributed by atoms with Crippen LogP contribution in [0.4, 0.5) is 10.8 Å². The van der Waals surface area contributed by atoms with Gasteiger partial charge in [-0.05, 0) is 19.1 Å². The van der Waals surface area contributed by atoms with E-state index in [0.29, 0.717) is 17.4 Å². The predicted octanol–water partition coefficient (Wildman–Crippen LogP) is 3.91. The summed E-state index contributed by atoms with van der Waals surface area (Å²) in [5.74, 6) is -0.368. The minimum absolute atomic E-state index is 0.0606. The van der Waals surface area contributed by atoms with Gasteiger partial charge in [0, 0.05) is 10.4 Å². The van der Waals surface area contributed by atoms with Gasteiger partial charge in [-0.25, -0.2) is 4.98 Å². The number of nitrogens with one attached hydrogen (secondary N) is 1. The highest BCUT2D eigenvalue weighted by atomic mass is 35.5. The number of nitrogens with zero attached hydrogens (tertiary/aromatic N) is 3. The van der Waals surface area contributed by atoms with Crippen LogP contribution >= 0.6 is 34.5 Å². The van der Waals surface area contributed by atoms with Crippen molar-refractivity contribution in [1.29, 1.82) is 0 Å². The molecule has 0 amide bonds. The monoisotopic (exact) mass is 402 g/mol. The summed E-state index contributed by atoms with van der Waals surface area (Å²) in [5, 5.41) is 17.3. The average Bonchev–Trinajstić information content (AvgIpc) is 2.93. The number of esters is 1. The van der Waals surface area contributed by atoms with Crippen LogP contribution in [0, 0.1) is 10.1 Å². The van der Waals surface area contributed by atoms with Crippen molar-refractivity contribution >= 4 is 57.5 Å². The molecule has 0 aliphatic rings. The maximum absolute atomic E-state index is 11.4. The number of anilines is 1. The van der Waals surface area contributed by atoms with Crippen molar-refractivity contribution in [2.24, 2.45) is 5.10 Å². The molecule has 0 radical (unpaired) electrons. The van der Waals surface area contributed by atoms with E-state index < -0.39 is 4.92 Å². The number of benzene rings is 1. The molecule has 0 saturated heterocycles. The maximum atomic E-state index is 11.4. The smallest absolute Gasteiger partial charge is 0.311 e. The molecule has 132 valence electrons. The number of nitro benzene ring substituents is 1. The van der Waals surface area contributed by atoms with Crippen molar-refractivity contribution in [3.63, 3.8) is 0 Å². The summed E-state index contributed by atoms with van der Waals surface area (Å²) in [4.78, 5) is 26.0. The van der Waals surface area contributed by atoms with Crippen molar-refractivity contribution in [3.05, 3.63) is 48.9 Å². The molecular weight excluding hydrogens is 391 g/mol. The highest BCUT2D eigenvalue weighted by Crippen LogP contribution is 2.31. The zero-order chi connectivity index (χ0) is 18.4. The number of thiazole rings is 1. The molecule has 1 aromatic carbocycles. The lowest BCUT2D eigenvalue weighted by Gasteiger charge is -2.01. The second-order valence-electron chi connectivity index (χ2n) is 4.58. The van der Waals surface area contributed by atoms with Crippen LogP contribution in [0.1, 0.15) is 18.2 Å². The Bertz CT molecular complexity index is 825. The highest BCUT2D eigenvalue weighted by molar-refractivity contribution is 7.13. The predicted molar refractivity (Wildman–Crippen MR) is 96.8 cm³/mol. The molecule has 0 atom stereocenters. The summed E-state index contributed by atoms with van der Waals surface area (Å²) >= 11 is 12.9. The Morgan fingerprint density at radius 2 is 2.28 bits per heavy atom. The van der Waals surface area contributed by atoms with Gasteiger partial charge in [-0.1, -0.05) is 23.2 Å². The third-order valence-electron chi connectivity index (χ3n) is 2.79. The lowest BCUT2D eigenvalue weighted by Crippen LogP contribution is -2.07. The van der Waals surface area contributed by atoms with Gasteiger partial charge in [-0.3, -0.25) is 20.3 Å². The lowest BCUT2D eigenvalue weighted by atomic mass is 10.2. The van der Waals surface area contributed by atoms with Gasteiger partial charge in [0.05, 0.1) is 35.4 Å². The molecule has 0 aliphatic carbocycles. The third kappa shape index (κ3) is 5.38. The van der Waals surface area contributed by atoms with Gasteiger partial charge < -0.3 is 4.74 Å². The van der Waals surface area contributed by atoms with Gasteiger partial charge in [-0.15, -0.1) is 11.3 Å². The Balaban J connectivity index is 2.08. The first-order valence-electron chi connectivity index (χ1n) is 6.93. The highest BCUT2D eigenvalue weighted by Gasteiger charge is 2.18. The normalized spacial score (nSPS) is 10.8. The van der Waals surface area contributed by atoms with E-state index in [4.69, 9.17) is 27.9 Å². The molecule has 0 unspecified atom stereocenters. The summed E-state index contributed by atoms with van der Waals surface area (Å²) in [5.41, 5.74) is 3.04. The van der Waals surface area contributed by atoms with Gasteiger partial charge in [0.2, 0.25) is 5.13 Å². The number of nitro groups is 1. The second kappa shape index (κ2) is 8.75. The molecule has 0 saturated carbocycles. The zero-order valence-corrected chi connectivity index (χ0v) is 15.2. The Morgan fingerprint density at radius 3 is 2.96 bits per heavy atom. The number of hydrazone groups is 1. The molecule has 0 fully saturated rings. The summed E-state index contributed by atoms with van der Waals surface area (Å²) < 4.78 is 4.84. The number of carbonyl (C=O) groups excluding carboxylic acids is 1. The van der Waals surface area contributed by atoms with Gasteiger partial charge >= 0.3 is 5.97 Å². The topological polar surface area (TPSA) is 107 Å². The van der Waals surface area contributed by atoms with Crippen LogP contribution in [-0.4, -0.2) is 28.7 Å². The van der Waals surface area contributed by atoms with E-state index in [1.54, 1.807) is 12.3 Å². The first-order valence-corrected chi connectivity index (χ1v) is 8.56. The van der Waals surface area contributed by atoms with Crippen molar-refractivity contribution in [1.82, 2.24) is 4.98 Å². The van der Waals surface area contributed by atoms with E-state index in [-0.39, 0.29) is 33.7 Å². The van der Waals surface area contributed by atoms with Crippen LogP contribution < -0.4 is 5.43 Å². The van der Waals surface area contributed by atoms with Crippen molar-refractivity contribution in [3.8, 4) is 0 Å². The molecule has 11 heteroatoms. The van der Waals surface area contributed by atoms with Crippen LogP contribution in [0.5, 0.6) is 0 Å².